The third kappa shape index (κ3) is 3.58. The van der Waals surface area contributed by atoms with Crippen molar-refractivity contribution in [2.75, 3.05) is 0 Å². The molecule has 2 rings (SSSR count). The highest BCUT2D eigenvalue weighted by atomic mass is 35.5. The van der Waals surface area contributed by atoms with E-state index in [2.05, 4.69) is 11.1 Å². The van der Waals surface area contributed by atoms with Crippen LogP contribution in [-0.4, -0.2) is 14.8 Å². The van der Waals surface area contributed by atoms with Crippen molar-refractivity contribution < 1.29 is 0 Å². The van der Waals surface area contributed by atoms with Gasteiger partial charge in [-0.15, -0.1) is 0 Å². The van der Waals surface area contributed by atoms with E-state index in [-0.39, 0.29) is 10.8 Å². The third-order valence-electron chi connectivity index (χ3n) is 2.89. The summed E-state index contributed by atoms with van der Waals surface area (Å²) in [5, 5.41) is 10.3. The number of aromatic nitrogens is 2. The van der Waals surface area contributed by atoms with Crippen LogP contribution in [0.15, 0.2) is 28.2 Å². The average molecular weight is 322 g/mol. The van der Waals surface area contributed by atoms with Gasteiger partial charge in [-0.05, 0) is 31.0 Å². The minimum atomic E-state index is -0.264. The predicted octanol–water partition coefficient (Wildman–Crippen LogP) is 3.71. The largest absolute Gasteiger partial charge is 0.287 e. The Hall–Kier alpha value is -1.51. The number of halogens is 1. The maximum atomic E-state index is 12.7. The van der Waals surface area contributed by atoms with Crippen molar-refractivity contribution >= 4 is 34.3 Å². The summed E-state index contributed by atoms with van der Waals surface area (Å²) < 4.78 is 1.64. The van der Waals surface area contributed by atoms with Crippen LogP contribution in [0, 0.1) is 17.2 Å². The lowest BCUT2D eigenvalue weighted by Crippen LogP contribution is -2.26. The molecule has 1 aromatic heterocycles. The molecule has 4 nitrogen and oxygen atoms in total. The molecule has 0 amide bonds. The fraction of sp³-hybridized carbons (Fsp3) is 0.400. The van der Waals surface area contributed by atoms with Gasteiger partial charge in [0.1, 0.15) is 0 Å². The molecule has 0 saturated carbocycles. The Kier molecular flexibility index (Phi) is 4.92. The molecule has 2 aromatic rings. The van der Waals surface area contributed by atoms with Crippen molar-refractivity contribution in [1.82, 2.24) is 9.55 Å². The van der Waals surface area contributed by atoms with Crippen LogP contribution in [0.3, 0.4) is 0 Å². The van der Waals surface area contributed by atoms with Crippen molar-refractivity contribution in [1.29, 1.82) is 5.26 Å². The van der Waals surface area contributed by atoms with Gasteiger partial charge < -0.3 is 0 Å². The summed E-state index contributed by atoms with van der Waals surface area (Å²) in [5.74, 6) is 0.304. The minimum Gasteiger partial charge on any atom is -0.287 e. The zero-order valence-corrected chi connectivity index (χ0v) is 13.7. The molecule has 0 fully saturated rings. The fourth-order valence-corrected chi connectivity index (χ4v) is 2.95. The highest BCUT2D eigenvalue weighted by molar-refractivity contribution is 8.00. The molecule has 0 aliphatic rings. The number of hydrogen-bond donors (Lipinski definition) is 0. The van der Waals surface area contributed by atoms with Gasteiger partial charge in [0.2, 0.25) is 0 Å². The number of thioether (sulfide) groups is 1. The van der Waals surface area contributed by atoms with E-state index in [0.717, 1.165) is 0 Å². The molecule has 0 radical (unpaired) electrons. The maximum absolute atomic E-state index is 12.7. The van der Waals surface area contributed by atoms with E-state index < -0.39 is 0 Å². The van der Waals surface area contributed by atoms with Gasteiger partial charge in [-0.2, -0.15) is 5.26 Å². The number of hydrogen-bond acceptors (Lipinski definition) is 4. The molecule has 1 atom stereocenters. The molecule has 0 saturated heterocycles. The monoisotopic (exact) mass is 321 g/mol. The van der Waals surface area contributed by atoms with E-state index in [1.807, 2.05) is 13.8 Å². The normalized spacial score (nSPS) is 12.6. The van der Waals surface area contributed by atoms with E-state index in [9.17, 15) is 4.79 Å². The first-order valence-electron chi connectivity index (χ1n) is 6.68. The maximum Gasteiger partial charge on any atom is 0.262 e. The molecule has 0 N–H and O–H groups in total. The van der Waals surface area contributed by atoms with Gasteiger partial charge in [-0.3, -0.25) is 9.36 Å². The summed E-state index contributed by atoms with van der Waals surface area (Å²) in [7, 11) is 0. The van der Waals surface area contributed by atoms with Crippen LogP contribution in [0.2, 0.25) is 5.02 Å². The van der Waals surface area contributed by atoms with E-state index in [1.165, 1.54) is 11.8 Å². The molecule has 1 aromatic carbocycles. The highest BCUT2D eigenvalue weighted by Gasteiger charge is 2.15. The Morgan fingerprint density at radius 3 is 2.76 bits per heavy atom. The van der Waals surface area contributed by atoms with Crippen molar-refractivity contribution in [3.8, 4) is 6.07 Å². The second kappa shape index (κ2) is 6.50. The summed E-state index contributed by atoms with van der Waals surface area (Å²) in [5.41, 5.74) is 0.501. The molecule has 110 valence electrons. The minimum absolute atomic E-state index is 0.108. The lowest BCUT2D eigenvalue weighted by Gasteiger charge is -2.15. The number of rotatable bonds is 4. The predicted molar refractivity (Wildman–Crippen MR) is 86.8 cm³/mol. The van der Waals surface area contributed by atoms with Gasteiger partial charge in [-0.25, -0.2) is 4.98 Å². The van der Waals surface area contributed by atoms with Crippen molar-refractivity contribution in [2.24, 2.45) is 5.92 Å². The van der Waals surface area contributed by atoms with Crippen molar-refractivity contribution in [3.05, 3.63) is 33.6 Å². The Morgan fingerprint density at radius 2 is 2.14 bits per heavy atom. The Balaban J connectivity index is 2.67. The molecule has 0 spiro atoms. The fourth-order valence-electron chi connectivity index (χ4n) is 1.97. The summed E-state index contributed by atoms with van der Waals surface area (Å²) >= 11 is 7.27. The Labute approximate surface area is 132 Å². The van der Waals surface area contributed by atoms with Gasteiger partial charge in [0.05, 0.1) is 22.2 Å². The first kappa shape index (κ1) is 15.9. The Morgan fingerprint density at radius 1 is 1.43 bits per heavy atom. The molecular weight excluding hydrogens is 306 g/mol. The number of fused-ring (bicyclic) bond motifs is 1. The van der Waals surface area contributed by atoms with Gasteiger partial charge in [0.25, 0.3) is 5.56 Å². The van der Waals surface area contributed by atoms with Gasteiger partial charge in [-0.1, -0.05) is 37.2 Å². The molecule has 0 aliphatic heterocycles. The summed E-state index contributed by atoms with van der Waals surface area (Å²) in [4.78, 5) is 17.2. The second-order valence-corrected chi connectivity index (χ2v) is 7.00. The van der Waals surface area contributed by atoms with E-state index in [4.69, 9.17) is 16.9 Å². The Bertz CT molecular complexity index is 764. The summed E-state index contributed by atoms with van der Waals surface area (Å²) in [6, 6.07) is 7.25. The lowest BCUT2D eigenvalue weighted by atomic mass is 10.2. The molecule has 0 unspecified atom stereocenters. The quantitative estimate of drug-likeness (QED) is 0.636. The smallest absolute Gasteiger partial charge is 0.262 e. The molecular formula is C15H16ClN3OS. The number of nitrogens with zero attached hydrogens (tertiary/aromatic N) is 3. The SMILES string of the molecule is CC(C)Cn1c(S[C@H](C)C#N)nc2ccc(Cl)cc2c1=O. The molecule has 6 heteroatoms. The standard InChI is InChI=1S/C15H16ClN3OS/c1-9(2)8-19-14(20)12-6-11(16)4-5-13(12)18-15(19)21-10(3)7-17/h4-6,9-10H,8H2,1-3H3/t10-/m1/s1. The number of nitriles is 1. The van der Waals surface area contributed by atoms with E-state index >= 15 is 0 Å². The highest BCUT2D eigenvalue weighted by Crippen LogP contribution is 2.23. The topological polar surface area (TPSA) is 58.7 Å². The van der Waals surface area contributed by atoms with E-state index in [1.54, 1.807) is 29.7 Å². The van der Waals surface area contributed by atoms with E-state index in [0.29, 0.717) is 33.5 Å². The van der Waals surface area contributed by atoms with Crippen LogP contribution in [0.25, 0.3) is 10.9 Å². The van der Waals surface area contributed by atoms with Crippen molar-refractivity contribution in [2.45, 2.75) is 37.7 Å². The van der Waals surface area contributed by atoms with Crippen LogP contribution in [-0.2, 0) is 6.54 Å². The molecule has 0 aliphatic carbocycles. The van der Waals surface area contributed by atoms with Crippen LogP contribution in [0.4, 0.5) is 0 Å². The second-order valence-electron chi connectivity index (χ2n) is 5.25. The zero-order chi connectivity index (χ0) is 15.6. The van der Waals surface area contributed by atoms with Crippen LogP contribution in [0.1, 0.15) is 20.8 Å². The molecule has 0 bridgehead atoms. The van der Waals surface area contributed by atoms with Gasteiger partial charge >= 0.3 is 0 Å². The lowest BCUT2D eigenvalue weighted by molar-refractivity contribution is 0.475. The van der Waals surface area contributed by atoms with Crippen LogP contribution in [0.5, 0.6) is 0 Å². The molecule has 1 heterocycles. The third-order valence-corrected chi connectivity index (χ3v) is 4.11. The van der Waals surface area contributed by atoms with Crippen molar-refractivity contribution in [3.63, 3.8) is 0 Å². The first-order valence-corrected chi connectivity index (χ1v) is 7.94. The van der Waals surface area contributed by atoms with Gasteiger partial charge in [0.15, 0.2) is 5.16 Å². The summed E-state index contributed by atoms with van der Waals surface area (Å²) in [6.45, 7) is 6.44. The average Bonchev–Trinajstić information content (AvgIpc) is 2.43. The zero-order valence-electron chi connectivity index (χ0n) is 12.1. The molecule has 21 heavy (non-hydrogen) atoms. The first-order chi connectivity index (χ1) is 9.92. The summed E-state index contributed by atoms with van der Waals surface area (Å²) in [6.07, 6.45) is 0. The van der Waals surface area contributed by atoms with Crippen LogP contribution < -0.4 is 5.56 Å². The van der Waals surface area contributed by atoms with Gasteiger partial charge in [0, 0.05) is 11.6 Å². The number of benzene rings is 1. The van der Waals surface area contributed by atoms with Crippen LogP contribution >= 0.6 is 23.4 Å².